The van der Waals surface area contributed by atoms with Gasteiger partial charge in [0.1, 0.15) is 30.2 Å². The second-order valence-electron chi connectivity index (χ2n) is 14.3. The summed E-state index contributed by atoms with van der Waals surface area (Å²) in [7, 11) is 1.38. The molecule has 0 heterocycles. The highest BCUT2D eigenvalue weighted by atomic mass is 16.5. The van der Waals surface area contributed by atoms with Gasteiger partial charge in [0.2, 0.25) is 35.4 Å². The number of ketones is 1. The van der Waals surface area contributed by atoms with E-state index in [9.17, 15) is 78.0 Å². The molecular formula is C39H55N7O18. The first-order valence-electron chi connectivity index (χ1n) is 19.8. The number of ether oxygens (including phenoxy) is 1. The van der Waals surface area contributed by atoms with Crippen LogP contribution >= 0.6 is 0 Å². The lowest BCUT2D eigenvalue weighted by Crippen LogP contribution is -2.59. The molecule has 354 valence electrons. The summed E-state index contributed by atoms with van der Waals surface area (Å²) in [6, 6.07) is -3.88. The van der Waals surface area contributed by atoms with Gasteiger partial charge in [0.15, 0.2) is 5.78 Å². The van der Waals surface area contributed by atoms with Gasteiger partial charge < -0.3 is 67.9 Å². The molecule has 0 unspecified atom stereocenters. The monoisotopic (exact) mass is 909 g/mol. The predicted molar refractivity (Wildman–Crippen MR) is 217 cm³/mol. The van der Waals surface area contributed by atoms with Crippen molar-refractivity contribution >= 4 is 71.1 Å². The van der Waals surface area contributed by atoms with Crippen molar-refractivity contribution in [2.45, 2.75) is 114 Å². The van der Waals surface area contributed by atoms with Crippen LogP contribution in [0.4, 0.5) is 0 Å². The van der Waals surface area contributed by atoms with Gasteiger partial charge in [-0.2, -0.15) is 0 Å². The smallest absolute Gasteiger partial charge is 0.303 e. The van der Waals surface area contributed by atoms with E-state index in [0.717, 1.165) is 0 Å². The van der Waals surface area contributed by atoms with Crippen LogP contribution in [0.2, 0.25) is 0 Å². The standard InChI is InChI=1S/C39H55N7O18/c1-20(47)22-5-3-21(4-6-22)19-28(35(59)41-17-18-64-2)46-39(63)27(11-16-33(56)57)45-38(62)26(10-15-32(54)55)44-37(61)25(9-14-31(52)53)43-36(60)24(8-13-30(50)51)42-34(58)23(40)7-12-29(48)49/h3-6,23-28H,7-19,40H2,1-2H3,(H,41,59)(H,42,58)(H,43,60)(H,44,61)(H,45,62)(H,46,63)(H,48,49)(H,50,51)(H,52,53)(H,54,55)(H,56,57)/t23-,24-,25-,26-,27-,28+/m1/s1. The Morgan fingerprint density at radius 3 is 1.16 bits per heavy atom. The highest BCUT2D eigenvalue weighted by Gasteiger charge is 2.34. The Morgan fingerprint density at radius 1 is 0.500 bits per heavy atom. The van der Waals surface area contributed by atoms with Crippen LogP contribution in [0.15, 0.2) is 24.3 Å². The zero-order chi connectivity index (χ0) is 48.5. The summed E-state index contributed by atoms with van der Waals surface area (Å²) in [6.07, 6.45) is -6.57. The molecule has 64 heavy (non-hydrogen) atoms. The van der Waals surface area contributed by atoms with Crippen LogP contribution in [0.1, 0.15) is 87.1 Å². The molecule has 1 rings (SSSR count). The lowest BCUT2D eigenvalue weighted by Gasteiger charge is -2.27. The second kappa shape index (κ2) is 28.6. The molecule has 6 amide bonds. The van der Waals surface area contributed by atoms with Crippen molar-refractivity contribution in [3.8, 4) is 0 Å². The summed E-state index contributed by atoms with van der Waals surface area (Å²) in [4.78, 5) is 149. The van der Waals surface area contributed by atoms with E-state index in [1.54, 1.807) is 0 Å². The average molecular weight is 910 g/mol. The molecule has 0 saturated carbocycles. The Kier molecular flexibility index (Phi) is 24.5. The number of nitrogens with one attached hydrogen (secondary N) is 6. The molecule has 0 radical (unpaired) electrons. The van der Waals surface area contributed by atoms with Gasteiger partial charge in [-0.25, -0.2) is 0 Å². The van der Waals surface area contributed by atoms with Gasteiger partial charge in [-0.1, -0.05) is 24.3 Å². The molecule has 1 aromatic carbocycles. The first kappa shape index (κ1) is 55.0. The Morgan fingerprint density at radius 2 is 0.828 bits per heavy atom. The molecule has 6 atom stereocenters. The molecule has 0 bridgehead atoms. The fraction of sp³-hybridized carbons (Fsp3) is 0.538. The van der Waals surface area contributed by atoms with Crippen LogP contribution in [0.5, 0.6) is 0 Å². The van der Waals surface area contributed by atoms with Crippen LogP contribution < -0.4 is 37.6 Å². The Balaban J connectivity index is 3.48. The second-order valence-corrected chi connectivity index (χ2v) is 14.3. The van der Waals surface area contributed by atoms with E-state index >= 15 is 0 Å². The number of carbonyl (C=O) groups excluding carboxylic acids is 7. The fourth-order valence-corrected chi connectivity index (χ4v) is 5.64. The van der Waals surface area contributed by atoms with Crippen LogP contribution in [0, 0.1) is 0 Å². The van der Waals surface area contributed by atoms with Crippen LogP contribution in [0.3, 0.4) is 0 Å². The van der Waals surface area contributed by atoms with Crippen molar-refractivity contribution in [3.05, 3.63) is 35.4 Å². The van der Waals surface area contributed by atoms with E-state index in [1.165, 1.54) is 38.3 Å². The first-order chi connectivity index (χ1) is 30.0. The fourth-order valence-electron chi connectivity index (χ4n) is 5.64. The molecule has 0 aliphatic rings. The summed E-state index contributed by atoms with van der Waals surface area (Å²) < 4.78 is 4.94. The molecule has 0 saturated heterocycles. The van der Waals surface area contributed by atoms with Crippen molar-refractivity contribution in [2.75, 3.05) is 20.3 Å². The van der Waals surface area contributed by atoms with Gasteiger partial charge in [-0.15, -0.1) is 0 Å². The van der Waals surface area contributed by atoms with Crippen molar-refractivity contribution < 1.29 is 87.8 Å². The van der Waals surface area contributed by atoms with Gasteiger partial charge in [0.05, 0.1) is 12.6 Å². The summed E-state index contributed by atoms with van der Waals surface area (Å²) in [5.41, 5.74) is 6.56. The first-order valence-corrected chi connectivity index (χ1v) is 19.8. The number of amides is 6. The van der Waals surface area contributed by atoms with Gasteiger partial charge in [0, 0.05) is 57.7 Å². The Hall–Kier alpha value is -7.02. The number of hydrogen-bond donors (Lipinski definition) is 12. The summed E-state index contributed by atoms with van der Waals surface area (Å²) >= 11 is 0. The minimum absolute atomic E-state index is 0.0173. The highest BCUT2D eigenvalue weighted by Crippen LogP contribution is 2.11. The number of aliphatic carboxylic acids is 5. The Bertz CT molecular complexity index is 1860. The van der Waals surface area contributed by atoms with Gasteiger partial charge in [-0.3, -0.25) is 57.5 Å². The summed E-state index contributed by atoms with van der Waals surface area (Å²) in [5, 5.41) is 60.1. The third kappa shape index (κ3) is 22.2. The number of methoxy groups -OCH3 is 1. The molecule has 1 aromatic rings. The maximum Gasteiger partial charge on any atom is 0.303 e. The molecule has 25 nitrogen and oxygen atoms in total. The molecular weight excluding hydrogens is 854 g/mol. The molecule has 0 aliphatic heterocycles. The van der Waals surface area contributed by atoms with Crippen molar-refractivity contribution in [1.29, 1.82) is 0 Å². The number of carbonyl (C=O) groups is 12. The van der Waals surface area contributed by atoms with Crippen molar-refractivity contribution in [1.82, 2.24) is 31.9 Å². The minimum Gasteiger partial charge on any atom is -0.481 e. The van der Waals surface area contributed by atoms with Crippen molar-refractivity contribution in [2.24, 2.45) is 5.73 Å². The summed E-state index contributed by atoms with van der Waals surface area (Å²) in [5.74, 6) is -13.9. The number of Topliss-reactive ketones (excluding diaryl/α,β-unsaturated/α-hetero) is 1. The van der Waals surface area contributed by atoms with E-state index in [0.29, 0.717) is 11.1 Å². The van der Waals surface area contributed by atoms with Gasteiger partial charge >= 0.3 is 29.8 Å². The van der Waals surface area contributed by atoms with E-state index in [-0.39, 0.29) is 31.8 Å². The minimum atomic E-state index is -1.85. The lowest BCUT2D eigenvalue weighted by atomic mass is 10.0. The predicted octanol–water partition coefficient (Wildman–Crippen LogP) is -2.73. The zero-order valence-electron chi connectivity index (χ0n) is 35.1. The van der Waals surface area contributed by atoms with E-state index in [1.807, 2.05) is 0 Å². The van der Waals surface area contributed by atoms with Gasteiger partial charge in [0.25, 0.3) is 0 Å². The van der Waals surface area contributed by atoms with E-state index in [4.69, 9.17) is 15.6 Å². The number of carboxylic acid groups (broad SMARTS) is 5. The third-order valence-corrected chi connectivity index (χ3v) is 9.16. The molecule has 13 N–H and O–H groups in total. The summed E-state index contributed by atoms with van der Waals surface area (Å²) in [6.45, 7) is 1.46. The molecule has 0 fully saturated rings. The normalized spacial score (nSPS) is 13.5. The zero-order valence-corrected chi connectivity index (χ0v) is 35.1. The van der Waals surface area contributed by atoms with Crippen LogP contribution in [0.25, 0.3) is 0 Å². The van der Waals surface area contributed by atoms with E-state index in [2.05, 4.69) is 31.9 Å². The largest absolute Gasteiger partial charge is 0.481 e. The highest BCUT2D eigenvalue weighted by molar-refractivity contribution is 5.97. The third-order valence-electron chi connectivity index (χ3n) is 9.16. The number of benzene rings is 1. The maximum atomic E-state index is 13.8. The number of rotatable bonds is 32. The Labute approximate surface area is 365 Å². The van der Waals surface area contributed by atoms with Crippen LogP contribution in [-0.2, 0) is 63.9 Å². The molecule has 0 spiro atoms. The quantitative estimate of drug-likeness (QED) is 0.0258. The average Bonchev–Trinajstić information content (AvgIpc) is 3.22. The number of carboxylic acids is 5. The molecule has 0 aromatic heterocycles. The number of nitrogens with two attached hydrogens (primary N) is 1. The van der Waals surface area contributed by atoms with Crippen molar-refractivity contribution in [3.63, 3.8) is 0 Å². The SMILES string of the molecule is COCCNC(=O)[C@H](Cc1ccc(C(C)=O)cc1)NC(=O)[C@@H](CCC(=O)O)NC(=O)[C@@H](CCC(=O)O)NC(=O)[C@@H](CCC(=O)O)NC(=O)[C@@H](CCC(=O)O)NC(=O)[C@H](N)CCC(=O)O. The lowest BCUT2D eigenvalue weighted by molar-refractivity contribution is -0.140. The topological polar surface area (TPSA) is 413 Å². The van der Waals surface area contributed by atoms with Gasteiger partial charge in [-0.05, 0) is 44.6 Å². The maximum absolute atomic E-state index is 13.8. The number of hydrogen-bond acceptors (Lipinski definition) is 14. The van der Waals surface area contributed by atoms with Crippen LogP contribution in [-0.4, -0.2) is 153 Å². The van der Waals surface area contributed by atoms with E-state index < -0.39 is 159 Å². The molecule has 25 heteroatoms. The molecule has 0 aliphatic carbocycles.